The highest BCUT2D eigenvalue weighted by atomic mass is 35.5. The van der Waals surface area contributed by atoms with Crippen LogP contribution in [0.15, 0.2) is 182 Å². The molecular formula is C42H30AlCl5O3Si2. The molecule has 0 saturated heterocycles. The van der Waals surface area contributed by atoms with Gasteiger partial charge in [-0.05, 0) is 31.1 Å². The maximum atomic E-state index is 7.77. The molecule has 11 heteroatoms. The Morgan fingerprint density at radius 2 is 0.509 bits per heavy atom. The molecule has 0 spiro atoms. The van der Waals surface area contributed by atoms with E-state index < -0.39 is 31.8 Å². The summed E-state index contributed by atoms with van der Waals surface area (Å²) >= 11 is 30.0. The standard InChI is InChI=1S/2C18H15OSi.C6HCl5O.Al/c2*19-20(16-10-4-1-5-11-16,17-12-6-2-7-13-17)18-14-8-3-9-15-18;7-1-2(8)4(10)6(12)5(11)3(1)9;/h2*1-15H;12H;/q2*-1;;+3/p-1. The van der Waals surface area contributed by atoms with Gasteiger partial charge in [0, 0.05) is 0 Å². The Bertz CT molecular complexity index is 1930. The predicted molar refractivity (Wildman–Crippen MR) is 228 cm³/mol. The van der Waals surface area contributed by atoms with Gasteiger partial charge >= 0.3 is 15.1 Å². The molecule has 0 atom stereocenters. The number of halogens is 5. The van der Waals surface area contributed by atoms with Gasteiger partial charge in [0.1, 0.15) is 15.8 Å². The van der Waals surface area contributed by atoms with Gasteiger partial charge in [0.05, 0.1) is 15.1 Å². The molecule has 0 saturated carbocycles. The van der Waals surface area contributed by atoms with Crippen molar-refractivity contribution in [3.05, 3.63) is 207 Å². The molecule has 0 heterocycles. The van der Waals surface area contributed by atoms with Crippen molar-refractivity contribution in [2.24, 2.45) is 0 Å². The summed E-state index contributed by atoms with van der Waals surface area (Å²) in [4.78, 5) is 0. The van der Waals surface area contributed by atoms with Gasteiger partial charge < -0.3 is 10.7 Å². The van der Waals surface area contributed by atoms with E-state index in [1.807, 2.05) is 109 Å². The molecule has 7 rings (SSSR count). The fourth-order valence-electron chi connectivity index (χ4n) is 6.59. The number of hydrogen-bond donors (Lipinski definition) is 0. The molecule has 0 bridgehead atoms. The molecule has 262 valence electrons. The SMILES string of the molecule is Clc1c(Cl)c(Cl)c([O][Al]([O][Si](c2ccccc2)(c2ccccc2)c2ccccc2)[O][Si](c2ccccc2)(c2ccccc2)c2ccccc2)c(Cl)c1Cl. The van der Waals surface area contributed by atoms with Crippen molar-refractivity contribution >= 4 is 121 Å². The molecule has 0 aliphatic carbocycles. The maximum Gasteiger partial charge on any atom is 0.980 e. The zero-order valence-electron chi connectivity index (χ0n) is 28.0. The van der Waals surface area contributed by atoms with Crippen LogP contribution in [0.1, 0.15) is 0 Å². The maximum absolute atomic E-state index is 7.77. The summed E-state index contributed by atoms with van der Waals surface area (Å²) in [5.41, 5.74) is 0. The molecule has 0 aromatic heterocycles. The van der Waals surface area contributed by atoms with Crippen molar-refractivity contribution in [2.75, 3.05) is 0 Å². The van der Waals surface area contributed by atoms with Gasteiger partial charge in [0.15, 0.2) is 0 Å². The molecule has 0 aliphatic rings. The zero-order valence-corrected chi connectivity index (χ0v) is 34.9. The van der Waals surface area contributed by atoms with Crippen LogP contribution in [0.25, 0.3) is 0 Å². The highest BCUT2D eigenvalue weighted by Crippen LogP contribution is 2.48. The first kappa shape index (κ1) is 38.0. The summed E-state index contributed by atoms with van der Waals surface area (Å²) in [6, 6.07) is 61.5. The Morgan fingerprint density at radius 1 is 0.302 bits per heavy atom. The molecule has 0 fully saturated rings. The van der Waals surface area contributed by atoms with Crippen molar-refractivity contribution in [3.63, 3.8) is 0 Å². The van der Waals surface area contributed by atoms with Gasteiger partial charge in [-0.3, -0.25) is 0 Å². The Kier molecular flexibility index (Phi) is 12.2. The summed E-state index contributed by atoms with van der Waals surface area (Å²) < 4.78 is 22.5. The second kappa shape index (κ2) is 17.0. The molecule has 0 unspecified atom stereocenters. The van der Waals surface area contributed by atoms with Gasteiger partial charge in [0.2, 0.25) is 0 Å². The Hall–Kier alpha value is -3.32. The van der Waals surface area contributed by atoms with Crippen LogP contribution in [0.4, 0.5) is 0 Å². The normalized spacial score (nSPS) is 11.6. The second-order valence-corrected chi connectivity index (χ2v) is 22.9. The minimum Gasteiger partial charge on any atom is -0.597 e. The van der Waals surface area contributed by atoms with Gasteiger partial charge in [-0.15, -0.1) is 0 Å². The Balaban J connectivity index is 1.54. The van der Waals surface area contributed by atoms with Crippen molar-refractivity contribution in [1.29, 1.82) is 0 Å². The molecule has 7 aromatic rings. The third-order valence-electron chi connectivity index (χ3n) is 9.01. The lowest BCUT2D eigenvalue weighted by molar-refractivity contribution is 0.312. The first-order valence-corrected chi connectivity index (χ1v) is 23.8. The molecule has 0 radical (unpaired) electrons. The largest absolute Gasteiger partial charge is 0.980 e. The van der Waals surface area contributed by atoms with Gasteiger partial charge in [0.25, 0.3) is 16.6 Å². The van der Waals surface area contributed by atoms with E-state index in [4.69, 9.17) is 68.7 Å². The molecule has 3 nitrogen and oxygen atoms in total. The summed E-state index contributed by atoms with van der Waals surface area (Å²) in [5, 5.41) is 6.06. The lowest BCUT2D eigenvalue weighted by atomic mass is 10.3. The zero-order chi connectivity index (χ0) is 36.8. The highest BCUT2D eigenvalue weighted by Gasteiger charge is 2.56. The van der Waals surface area contributed by atoms with Gasteiger partial charge in [-0.25, -0.2) is 0 Å². The topological polar surface area (TPSA) is 27.7 Å². The van der Waals surface area contributed by atoms with E-state index in [-0.39, 0.29) is 30.9 Å². The lowest BCUT2D eigenvalue weighted by Crippen LogP contribution is -2.75. The minimum absolute atomic E-state index is 0.00793. The van der Waals surface area contributed by atoms with Crippen molar-refractivity contribution in [2.45, 2.75) is 0 Å². The first-order chi connectivity index (χ1) is 25.9. The van der Waals surface area contributed by atoms with Crippen LogP contribution in [0.2, 0.25) is 25.1 Å². The second-order valence-electron chi connectivity index (χ2n) is 12.1. The summed E-state index contributed by atoms with van der Waals surface area (Å²) in [6.07, 6.45) is 0. The average molecular weight is 843 g/mol. The third kappa shape index (κ3) is 7.53. The number of rotatable bonds is 12. The number of hydrogen-bond acceptors (Lipinski definition) is 3. The van der Waals surface area contributed by atoms with E-state index in [2.05, 4.69) is 72.8 Å². The van der Waals surface area contributed by atoms with Crippen LogP contribution in [-0.4, -0.2) is 31.8 Å². The summed E-state index contributed by atoms with van der Waals surface area (Å²) in [7, 11) is -6.92. The van der Waals surface area contributed by atoms with Crippen LogP contribution < -0.4 is 34.9 Å². The van der Waals surface area contributed by atoms with Crippen molar-refractivity contribution in [3.8, 4) is 5.75 Å². The summed E-state index contributed by atoms with van der Waals surface area (Å²) in [5.74, 6) is 0.0403. The van der Waals surface area contributed by atoms with E-state index in [9.17, 15) is 0 Å². The first-order valence-electron chi connectivity index (χ1n) is 16.7. The van der Waals surface area contributed by atoms with Crippen LogP contribution in [0, 0.1) is 0 Å². The molecule has 7 aromatic carbocycles. The molecular weight excluding hydrogens is 813 g/mol. The highest BCUT2D eigenvalue weighted by molar-refractivity contribution is 7.11. The van der Waals surface area contributed by atoms with Gasteiger partial charge in [-0.1, -0.05) is 240 Å². The van der Waals surface area contributed by atoms with Crippen LogP contribution in [0.3, 0.4) is 0 Å². The van der Waals surface area contributed by atoms with Crippen molar-refractivity contribution in [1.82, 2.24) is 0 Å². The molecule has 53 heavy (non-hydrogen) atoms. The number of benzene rings is 7. The molecule has 0 N–H and O–H groups in total. The van der Waals surface area contributed by atoms with Crippen LogP contribution in [-0.2, 0) is 6.96 Å². The van der Waals surface area contributed by atoms with Gasteiger partial charge in [-0.2, -0.15) is 0 Å². The fourth-order valence-corrected chi connectivity index (χ4v) is 20.9. The quantitative estimate of drug-likeness (QED) is 0.0534. The van der Waals surface area contributed by atoms with Crippen LogP contribution in [0.5, 0.6) is 5.75 Å². The van der Waals surface area contributed by atoms with E-state index in [1.54, 1.807) is 0 Å². The molecule has 0 amide bonds. The Morgan fingerprint density at radius 3 is 0.736 bits per heavy atom. The smallest absolute Gasteiger partial charge is 0.597 e. The average Bonchev–Trinajstić information content (AvgIpc) is 3.23. The van der Waals surface area contributed by atoms with E-state index >= 15 is 0 Å². The summed E-state index contributed by atoms with van der Waals surface area (Å²) in [6.45, 7) is 0. The van der Waals surface area contributed by atoms with E-state index in [0.29, 0.717) is 0 Å². The predicted octanol–water partition coefficient (Wildman–Crippen LogP) is 8.68. The Labute approximate surface area is 341 Å². The van der Waals surface area contributed by atoms with Crippen molar-refractivity contribution < 1.29 is 10.7 Å². The van der Waals surface area contributed by atoms with E-state index in [0.717, 1.165) is 31.1 Å². The van der Waals surface area contributed by atoms with Crippen LogP contribution >= 0.6 is 58.0 Å². The minimum atomic E-state index is -3.55. The molecule has 0 aliphatic heterocycles. The third-order valence-corrected chi connectivity index (χ3v) is 22.9. The fraction of sp³-hybridized carbons (Fsp3) is 0. The monoisotopic (exact) mass is 840 g/mol. The van der Waals surface area contributed by atoms with E-state index in [1.165, 1.54) is 0 Å². The lowest BCUT2D eigenvalue weighted by Gasteiger charge is -2.39.